The van der Waals surface area contributed by atoms with Gasteiger partial charge in [-0.05, 0) is 21.0 Å². The molecule has 4 heteroatoms. The van der Waals surface area contributed by atoms with Gasteiger partial charge < -0.3 is 4.90 Å². The summed E-state index contributed by atoms with van der Waals surface area (Å²) in [6, 6.07) is 0. The summed E-state index contributed by atoms with van der Waals surface area (Å²) in [4.78, 5) is 23.9. The van der Waals surface area contributed by atoms with E-state index < -0.39 is 5.91 Å². The van der Waals surface area contributed by atoms with E-state index in [2.05, 4.69) is 11.9 Å². The van der Waals surface area contributed by atoms with Crippen LogP contribution in [-0.2, 0) is 9.59 Å². The standard InChI is InChI=1S/C9H16N2O2/c1-7(2)9(13)10-8(12)5-6-11(3)4/h1,5-6H2,2-4H3,(H,10,12,13). The first-order chi connectivity index (χ1) is 5.93. The van der Waals surface area contributed by atoms with Crippen molar-refractivity contribution >= 4 is 11.8 Å². The van der Waals surface area contributed by atoms with Crippen LogP contribution in [0.15, 0.2) is 12.2 Å². The first-order valence-electron chi connectivity index (χ1n) is 4.08. The van der Waals surface area contributed by atoms with Crippen molar-refractivity contribution in [2.24, 2.45) is 0 Å². The Kier molecular flexibility index (Phi) is 4.99. The van der Waals surface area contributed by atoms with Gasteiger partial charge in [0.25, 0.3) is 5.91 Å². The first-order valence-corrected chi connectivity index (χ1v) is 4.08. The van der Waals surface area contributed by atoms with Crippen LogP contribution in [0.25, 0.3) is 0 Å². The van der Waals surface area contributed by atoms with Crippen LogP contribution in [0.2, 0.25) is 0 Å². The minimum Gasteiger partial charge on any atom is -0.309 e. The number of imide groups is 1. The molecular formula is C9H16N2O2. The molecule has 0 saturated carbocycles. The molecule has 4 nitrogen and oxygen atoms in total. The van der Waals surface area contributed by atoms with Crippen LogP contribution in [-0.4, -0.2) is 37.4 Å². The third-order valence-electron chi connectivity index (χ3n) is 1.43. The van der Waals surface area contributed by atoms with Crippen molar-refractivity contribution in [3.05, 3.63) is 12.2 Å². The Hall–Kier alpha value is -1.16. The predicted molar refractivity (Wildman–Crippen MR) is 51.1 cm³/mol. The number of hydrogen-bond donors (Lipinski definition) is 1. The molecule has 0 bridgehead atoms. The second kappa shape index (κ2) is 5.48. The van der Waals surface area contributed by atoms with E-state index in [1.165, 1.54) is 0 Å². The topological polar surface area (TPSA) is 49.4 Å². The van der Waals surface area contributed by atoms with E-state index in [1.807, 2.05) is 19.0 Å². The van der Waals surface area contributed by atoms with Crippen LogP contribution in [0.1, 0.15) is 13.3 Å². The molecule has 74 valence electrons. The monoisotopic (exact) mass is 184 g/mol. The highest BCUT2D eigenvalue weighted by Gasteiger charge is 2.07. The van der Waals surface area contributed by atoms with Gasteiger partial charge in [0.1, 0.15) is 0 Å². The number of rotatable bonds is 4. The Balaban J connectivity index is 3.75. The molecular weight excluding hydrogens is 168 g/mol. The maximum absolute atomic E-state index is 11.1. The molecule has 0 aromatic rings. The maximum Gasteiger partial charge on any atom is 0.252 e. The molecule has 0 radical (unpaired) electrons. The van der Waals surface area contributed by atoms with E-state index in [1.54, 1.807) is 6.92 Å². The zero-order valence-electron chi connectivity index (χ0n) is 8.39. The number of carbonyl (C=O) groups excluding carboxylic acids is 2. The molecule has 0 rings (SSSR count). The Bertz CT molecular complexity index is 222. The smallest absolute Gasteiger partial charge is 0.252 e. The van der Waals surface area contributed by atoms with Crippen LogP contribution in [0.4, 0.5) is 0 Å². The van der Waals surface area contributed by atoms with Gasteiger partial charge in [-0.2, -0.15) is 0 Å². The molecule has 0 aliphatic carbocycles. The summed E-state index contributed by atoms with van der Waals surface area (Å²) in [5.41, 5.74) is 0.346. The molecule has 0 unspecified atom stereocenters. The molecule has 0 aromatic heterocycles. The normalized spacial score (nSPS) is 9.85. The van der Waals surface area contributed by atoms with Gasteiger partial charge in [-0.25, -0.2) is 0 Å². The minimum atomic E-state index is -0.399. The quantitative estimate of drug-likeness (QED) is 0.633. The molecule has 0 heterocycles. The fraction of sp³-hybridized carbons (Fsp3) is 0.556. The van der Waals surface area contributed by atoms with E-state index >= 15 is 0 Å². The van der Waals surface area contributed by atoms with Gasteiger partial charge in [0.15, 0.2) is 0 Å². The molecule has 13 heavy (non-hydrogen) atoms. The van der Waals surface area contributed by atoms with Gasteiger partial charge in [0, 0.05) is 18.5 Å². The van der Waals surface area contributed by atoms with Crippen LogP contribution in [0.3, 0.4) is 0 Å². The second-order valence-corrected chi connectivity index (χ2v) is 3.21. The number of nitrogens with one attached hydrogen (secondary N) is 1. The number of nitrogens with zero attached hydrogens (tertiary/aromatic N) is 1. The lowest BCUT2D eigenvalue weighted by Gasteiger charge is -2.08. The Morgan fingerprint density at radius 2 is 1.92 bits per heavy atom. The molecule has 0 fully saturated rings. The zero-order valence-corrected chi connectivity index (χ0v) is 8.39. The van der Waals surface area contributed by atoms with Crippen LogP contribution in [0, 0.1) is 0 Å². The third-order valence-corrected chi connectivity index (χ3v) is 1.43. The first kappa shape index (κ1) is 11.8. The molecule has 2 amide bonds. The van der Waals surface area contributed by atoms with Crippen LogP contribution in [0.5, 0.6) is 0 Å². The molecule has 0 aromatic carbocycles. The number of hydrogen-bond acceptors (Lipinski definition) is 3. The van der Waals surface area contributed by atoms with Crippen molar-refractivity contribution in [1.82, 2.24) is 10.2 Å². The minimum absolute atomic E-state index is 0.262. The summed E-state index contributed by atoms with van der Waals surface area (Å²) >= 11 is 0. The van der Waals surface area contributed by atoms with Gasteiger partial charge in [-0.15, -0.1) is 0 Å². The Labute approximate surface area is 78.6 Å². The Morgan fingerprint density at radius 3 is 2.31 bits per heavy atom. The predicted octanol–water partition coefficient (Wildman–Crippen LogP) is 0.157. The van der Waals surface area contributed by atoms with Gasteiger partial charge in [-0.1, -0.05) is 6.58 Å². The molecule has 0 aliphatic rings. The zero-order chi connectivity index (χ0) is 10.4. The number of amides is 2. The lowest BCUT2D eigenvalue weighted by molar-refractivity contribution is -0.128. The average molecular weight is 184 g/mol. The van der Waals surface area contributed by atoms with Crippen molar-refractivity contribution in [1.29, 1.82) is 0 Å². The molecule has 1 N–H and O–H groups in total. The lowest BCUT2D eigenvalue weighted by Crippen LogP contribution is -2.32. The third kappa shape index (κ3) is 6.04. The van der Waals surface area contributed by atoms with Crippen LogP contribution >= 0.6 is 0 Å². The van der Waals surface area contributed by atoms with E-state index in [4.69, 9.17) is 0 Å². The Morgan fingerprint density at radius 1 is 1.38 bits per heavy atom. The lowest BCUT2D eigenvalue weighted by atomic mass is 10.3. The SMILES string of the molecule is C=C(C)C(=O)NC(=O)CCN(C)C. The highest BCUT2D eigenvalue weighted by molar-refractivity contribution is 6.03. The van der Waals surface area contributed by atoms with Crippen molar-refractivity contribution < 1.29 is 9.59 Å². The van der Waals surface area contributed by atoms with E-state index in [0.29, 0.717) is 18.5 Å². The fourth-order valence-electron chi connectivity index (χ4n) is 0.621. The summed E-state index contributed by atoms with van der Waals surface area (Å²) in [5, 5.41) is 2.23. The van der Waals surface area contributed by atoms with Crippen LogP contribution < -0.4 is 5.32 Å². The van der Waals surface area contributed by atoms with Gasteiger partial charge in [0.2, 0.25) is 5.91 Å². The highest BCUT2D eigenvalue weighted by Crippen LogP contribution is 1.88. The van der Waals surface area contributed by atoms with E-state index in [0.717, 1.165) is 0 Å². The van der Waals surface area contributed by atoms with Crippen molar-refractivity contribution in [3.63, 3.8) is 0 Å². The summed E-state index contributed by atoms with van der Waals surface area (Å²) < 4.78 is 0. The molecule has 0 spiro atoms. The summed E-state index contributed by atoms with van der Waals surface area (Å²) in [5.74, 6) is -0.662. The van der Waals surface area contributed by atoms with Gasteiger partial charge >= 0.3 is 0 Å². The highest BCUT2D eigenvalue weighted by atomic mass is 16.2. The maximum atomic E-state index is 11.1. The van der Waals surface area contributed by atoms with Gasteiger partial charge in [-0.3, -0.25) is 14.9 Å². The van der Waals surface area contributed by atoms with Crippen molar-refractivity contribution in [2.45, 2.75) is 13.3 Å². The van der Waals surface area contributed by atoms with Crippen molar-refractivity contribution in [3.8, 4) is 0 Å². The summed E-state index contributed by atoms with van der Waals surface area (Å²) in [6.07, 6.45) is 0.325. The largest absolute Gasteiger partial charge is 0.309 e. The summed E-state index contributed by atoms with van der Waals surface area (Å²) in [6.45, 7) is 5.63. The fourth-order valence-corrected chi connectivity index (χ4v) is 0.621. The van der Waals surface area contributed by atoms with E-state index in [-0.39, 0.29) is 5.91 Å². The summed E-state index contributed by atoms with van der Waals surface area (Å²) in [7, 11) is 3.74. The molecule has 0 saturated heterocycles. The molecule has 0 atom stereocenters. The molecule has 0 aliphatic heterocycles. The van der Waals surface area contributed by atoms with E-state index in [9.17, 15) is 9.59 Å². The number of carbonyl (C=O) groups is 2. The average Bonchev–Trinajstić information content (AvgIpc) is 2.00. The second-order valence-electron chi connectivity index (χ2n) is 3.21. The van der Waals surface area contributed by atoms with Gasteiger partial charge in [0.05, 0.1) is 0 Å². The van der Waals surface area contributed by atoms with Crippen molar-refractivity contribution in [2.75, 3.05) is 20.6 Å².